The summed E-state index contributed by atoms with van der Waals surface area (Å²) in [5.74, 6) is 0.403. The highest BCUT2D eigenvalue weighted by atomic mass is 16.6. The van der Waals surface area contributed by atoms with Gasteiger partial charge in [0.1, 0.15) is 6.10 Å². The number of carbonyl (C=O) groups is 1. The maximum Gasteiger partial charge on any atom is 0.307 e. The standard InChI is InChI=1S/C26H33NO3/c28-25(30-24-14-19-29-20-15-24)13-18-27-16-11-23(12-17-27)26(21-7-3-1-4-8-21)22-9-5-2-6-10-22/h1-9,22,24H,10-20H2. The Morgan fingerprint density at radius 1 is 1.07 bits per heavy atom. The van der Waals surface area contributed by atoms with Crippen LogP contribution in [0.25, 0.3) is 5.57 Å². The fourth-order valence-electron chi connectivity index (χ4n) is 4.70. The Hall–Kier alpha value is -2.17. The van der Waals surface area contributed by atoms with Crippen molar-refractivity contribution in [3.63, 3.8) is 0 Å². The van der Waals surface area contributed by atoms with Gasteiger partial charge in [-0.1, -0.05) is 60.2 Å². The highest BCUT2D eigenvalue weighted by Crippen LogP contribution is 2.36. The fraction of sp³-hybridized carbons (Fsp3) is 0.500. The monoisotopic (exact) mass is 407 g/mol. The number of nitrogens with zero attached hydrogens (tertiary/aromatic N) is 1. The molecule has 0 saturated carbocycles. The molecule has 0 amide bonds. The summed E-state index contributed by atoms with van der Waals surface area (Å²) in [6.45, 7) is 4.23. The zero-order valence-corrected chi connectivity index (χ0v) is 17.8. The Balaban J connectivity index is 1.33. The lowest BCUT2D eigenvalue weighted by Gasteiger charge is -2.32. The van der Waals surface area contributed by atoms with E-state index in [2.05, 4.69) is 59.5 Å². The van der Waals surface area contributed by atoms with Crippen LogP contribution in [0.1, 0.15) is 44.1 Å². The third-order valence-electron chi connectivity index (χ3n) is 6.38. The number of piperidine rings is 1. The predicted octanol–water partition coefficient (Wildman–Crippen LogP) is 4.78. The Bertz CT molecular complexity index is 780. The van der Waals surface area contributed by atoms with E-state index >= 15 is 0 Å². The van der Waals surface area contributed by atoms with Crippen LogP contribution in [0.4, 0.5) is 0 Å². The number of hydrogen-bond donors (Lipinski definition) is 0. The van der Waals surface area contributed by atoms with Crippen LogP contribution in [0.3, 0.4) is 0 Å². The molecule has 30 heavy (non-hydrogen) atoms. The van der Waals surface area contributed by atoms with Gasteiger partial charge in [-0.15, -0.1) is 0 Å². The molecule has 0 bridgehead atoms. The molecule has 2 aliphatic heterocycles. The largest absolute Gasteiger partial charge is 0.462 e. The van der Waals surface area contributed by atoms with Gasteiger partial charge in [-0.05, 0) is 30.4 Å². The van der Waals surface area contributed by atoms with Gasteiger partial charge in [0.15, 0.2) is 0 Å². The molecule has 1 atom stereocenters. The van der Waals surface area contributed by atoms with E-state index in [0.717, 1.165) is 51.7 Å². The fourth-order valence-corrected chi connectivity index (χ4v) is 4.70. The van der Waals surface area contributed by atoms with E-state index in [1.807, 2.05) is 0 Å². The molecule has 3 aliphatic rings. The van der Waals surface area contributed by atoms with E-state index in [9.17, 15) is 4.79 Å². The molecular weight excluding hydrogens is 374 g/mol. The second-order valence-electron chi connectivity index (χ2n) is 8.43. The van der Waals surface area contributed by atoms with E-state index in [-0.39, 0.29) is 12.1 Å². The number of ether oxygens (including phenoxy) is 2. The molecule has 4 nitrogen and oxygen atoms in total. The molecule has 0 aromatic heterocycles. The second kappa shape index (κ2) is 10.7. The highest BCUT2D eigenvalue weighted by Gasteiger charge is 2.23. The highest BCUT2D eigenvalue weighted by molar-refractivity contribution is 5.72. The molecule has 1 aliphatic carbocycles. The average molecular weight is 408 g/mol. The number of benzene rings is 1. The minimum Gasteiger partial charge on any atom is -0.462 e. The molecule has 1 aromatic carbocycles. The second-order valence-corrected chi connectivity index (χ2v) is 8.43. The molecule has 0 N–H and O–H groups in total. The molecule has 2 heterocycles. The van der Waals surface area contributed by atoms with E-state index in [1.54, 1.807) is 5.57 Å². The van der Waals surface area contributed by atoms with Crippen molar-refractivity contribution in [3.05, 3.63) is 65.8 Å². The van der Waals surface area contributed by atoms with Crippen molar-refractivity contribution in [2.45, 2.75) is 44.6 Å². The number of rotatable bonds is 6. The van der Waals surface area contributed by atoms with Gasteiger partial charge in [-0.2, -0.15) is 0 Å². The Morgan fingerprint density at radius 3 is 2.53 bits per heavy atom. The summed E-state index contributed by atoms with van der Waals surface area (Å²) in [6.07, 6.45) is 14.4. The lowest BCUT2D eigenvalue weighted by molar-refractivity contribution is -0.153. The zero-order valence-electron chi connectivity index (χ0n) is 17.8. The summed E-state index contributed by atoms with van der Waals surface area (Å²) in [5.41, 5.74) is 4.44. The van der Waals surface area contributed by atoms with E-state index in [4.69, 9.17) is 9.47 Å². The van der Waals surface area contributed by atoms with Crippen molar-refractivity contribution in [1.82, 2.24) is 4.90 Å². The first-order valence-electron chi connectivity index (χ1n) is 11.4. The molecule has 2 saturated heterocycles. The predicted molar refractivity (Wildman–Crippen MR) is 120 cm³/mol. The lowest BCUT2D eigenvalue weighted by atomic mass is 9.82. The summed E-state index contributed by atoms with van der Waals surface area (Å²) in [4.78, 5) is 14.6. The quantitative estimate of drug-likeness (QED) is 0.636. The number of hydrogen-bond acceptors (Lipinski definition) is 4. The van der Waals surface area contributed by atoms with Crippen molar-refractivity contribution in [2.75, 3.05) is 32.8 Å². The lowest BCUT2D eigenvalue weighted by Crippen LogP contribution is -2.34. The normalized spacial score (nSPS) is 22.8. The van der Waals surface area contributed by atoms with E-state index in [0.29, 0.717) is 25.6 Å². The Labute approximate surface area is 180 Å². The molecule has 0 radical (unpaired) electrons. The first kappa shape index (κ1) is 21.1. The molecule has 1 aromatic rings. The zero-order chi connectivity index (χ0) is 20.6. The van der Waals surface area contributed by atoms with E-state index < -0.39 is 0 Å². The summed E-state index contributed by atoms with van der Waals surface area (Å²) in [6, 6.07) is 10.8. The molecule has 160 valence electrons. The van der Waals surface area contributed by atoms with Crippen molar-refractivity contribution >= 4 is 11.5 Å². The van der Waals surface area contributed by atoms with Crippen molar-refractivity contribution in [1.29, 1.82) is 0 Å². The van der Waals surface area contributed by atoms with E-state index in [1.165, 1.54) is 11.1 Å². The SMILES string of the molecule is O=C(CCN1CCC(=C(c2ccccc2)C2C=CC=CC2)CC1)OC1CCOCC1. The summed E-state index contributed by atoms with van der Waals surface area (Å²) >= 11 is 0. The molecule has 4 rings (SSSR count). The molecule has 4 heteroatoms. The summed E-state index contributed by atoms with van der Waals surface area (Å²) < 4.78 is 10.9. The smallest absolute Gasteiger partial charge is 0.307 e. The van der Waals surface area contributed by atoms with Crippen LogP contribution in [-0.2, 0) is 14.3 Å². The summed E-state index contributed by atoms with van der Waals surface area (Å²) in [7, 11) is 0. The van der Waals surface area contributed by atoms with Gasteiger partial charge < -0.3 is 14.4 Å². The Kier molecular flexibility index (Phi) is 7.54. The van der Waals surface area contributed by atoms with Crippen LogP contribution in [0.5, 0.6) is 0 Å². The maximum atomic E-state index is 12.2. The van der Waals surface area contributed by atoms with Crippen LogP contribution < -0.4 is 0 Å². The molecule has 2 fully saturated rings. The number of allylic oxidation sites excluding steroid dienone is 5. The number of carbonyl (C=O) groups excluding carboxylic acids is 1. The van der Waals surface area contributed by atoms with Gasteiger partial charge in [0, 0.05) is 38.4 Å². The van der Waals surface area contributed by atoms with Gasteiger partial charge in [-0.3, -0.25) is 4.79 Å². The topological polar surface area (TPSA) is 38.8 Å². The van der Waals surface area contributed by atoms with Crippen molar-refractivity contribution < 1.29 is 14.3 Å². The van der Waals surface area contributed by atoms with Crippen LogP contribution in [0.2, 0.25) is 0 Å². The van der Waals surface area contributed by atoms with Crippen LogP contribution in [0, 0.1) is 5.92 Å². The minimum absolute atomic E-state index is 0.0492. The Morgan fingerprint density at radius 2 is 1.83 bits per heavy atom. The van der Waals surface area contributed by atoms with Crippen molar-refractivity contribution in [3.8, 4) is 0 Å². The number of likely N-dealkylation sites (tertiary alicyclic amines) is 1. The number of esters is 1. The van der Waals surface area contributed by atoms with Gasteiger partial charge in [-0.25, -0.2) is 0 Å². The molecule has 0 spiro atoms. The third-order valence-corrected chi connectivity index (χ3v) is 6.38. The van der Waals surface area contributed by atoms with Gasteiger partial charge in [0.2, 0.25) is 0 Å². The first-order valence-corrected chi connectivity index (χ1v) is 11.4. The van der Waals surface area contributed by atoms with Gasteiger partial charge in [0.25, 0.3) is 0 Å². The van der Waals surface area contributed by atoms with Gasteiger partial charge in [0.05, 0.1) is 19.6 Å². The van der Waals surface area contributed by atoms with Crippen LogP contribution in [0.15, 0.2) is 60.2 Å². The minimum atomic E-state index is -0.0626. The van der Waals surface area contributed by atoms with Gasteiger partial charge >= 0.3 is 5.97 Å². The van der Waals surface area contributed by atoms with Crippen molar-refractivity contribution in [2.24, 2.45) is 5.92 Å². The third kappa shape index (κ3) is 5.71. The van der Waals surface area contributed by atoms with Crippen LogP contribution in [-0.4, -0.2) is 49.8 Å². The first-order chi connectivity index (χ1) is 14.8. The maximum absolute atomic E-state index is 12.2. The average Bonchev–Trinajstić information content (AvgIpc) is 2.81. The molecular formula is C26H33NO3. The van der Waals surface area contributed by atoms with Crippen LogP contribution >= 0.6 is 0 Å². The molecule has 1 unspecified atom stereocenters. The summed E-state index contributed by atoms with van der Waals surface area (Å²) in [5, 5.41) is 0.